The third kappa shape index (κ3) is 4.12. The van der Waals surface area contributed by atoms with Gasteiger partial charge in [-0.3, -0.25) is 14.7 Å². The molecule has 146 valence electrons. The van der Waals surface area contributed by atoms with Crippen molar-refractivity contribution >= 4 is 32.6 Å². The molecule has 4 aromatic rings. The largest absolute Gasteiger partial charge is 0.416 e. The van der Waals surface area contributed by atoms with Gasteiger partial charge in [0.15, 0.2) is 5.13 Å². The molecule has 0 radical (unpaired) electrons. The Hall–Kier alpha value is -3.26. The molecule has 0 aliphatic heterocycles. The summed E-state index contributed by atoms with van der Waals surface area (Å²) in [4.78, 5) is 23.2. The van der Waals surface area contributed by atoms with Crippen molar-refractivity contribution in [3.8, 4) is 0 Å². The number of alkyl halides is 3. The number of halogens is 3. The number of nitrogens with zero attached hydrogens (tertiary/aromatic N) is 3. The molecule has 4 nitrogen and oxygen atoms in total. The van der Waals surface area contributed by atoms with E-state index >= 15 is 0 Å². The second-order valence-corrected chi connectivity index (χ2v) is 7.30. The minimum atomic E-state index is -4.45. The van der Waals surface area contributed by atoms with Crippen LogP contribution in [0.25, 0.3) is 10.2 Å². The molecule has 29 heavy (non-hydrogen) atoms. The van der Waals surface area contributed by atoms with E-state index in [0.717, 1.165) is 27.9 Å². The predicted octanol–water partition coefficient (Wildman–Crippen LogP) is 5.56. The van der Waals surface area contributed by atoms with Crippen molar-refractivity contribution in [2.45, 2.75) is 12.7 Å². The summed E-state index contributed by atoms with van der Waals surface area (Å²) in [5, 5.41) is 0.472. The molecular weight excluding hydrogens is 399 g/mol. The molecule has 4 rings (SSSR count). The van der Waals surface area contributed by atoms with Gasteiger partial charge in [-0.15, -0.1) is 0 Å². The van der Waals surface area contributed by atoms with Crippen LogP contribution in [0.4, 0.5) is 18.3 Å². The van der Waals surface area contributed by atoms with Gasteiger partial charge in [0, 0.05) is 18.0 Å². The lowest BCUT2D eigenvalue weighted by Gasteiger charge is -2.20. The quantitative estimate of drug-likeness (QED) is 0.440. The zero-order valence-electron chi connectivity index (χ0n) is 14.9. The minimum Gasteiger partial charge on any atom is -0.279 e. The van der Waals surface area contributed by atoms with E-state index in [-0.39, 0.29) is 12.1 Å². The number of benzene rings is 2. The molecule has 0 bridgehead atoms. The molecule has 0 N–H and O–H groups in total. The van der Waals surface area contributed by atoms with E-state index < -0.39 is 17.6 Å². The molecule has 0 saturated carbocycles. The molecule has 0 saturated heterocycles. The molecule has 0 fully saturated rings. The van der Waals surface area contributed by atoms with Crippen LogP contribution in [0, 0.1) is 0 Å². The summed E-state index contributed by atoms with van der Waals surface area (Å²) >= 11 is 1.35. The molecular formula is C21H14F3N3OS. The summed E-state index contributed by atoms with van der Waals surface area (Å²) in [5.74, 6) is -0.429. The van der Waals surface area contributed by atoms with E-state index in [4.69, 9.17) is 0 Å². The Bertz CT molecular complexity index is 1110. The lowest BCUT2D eigenvalue weighted by atomic mass is 10.1. The van der Waals surface area contributed by atoms with Gasteiger partial charge in [0.1, 0.15) is 0 Å². The molecule has 0 atom stereocenters. The Balaban J connectivity index is 1.72. The molecule has 0 spiro atoms. The number of carbonyl (C=O) groups is 1. The minimum absolute atomic E-state index is 0.154. The van der Waals surface area contributed by atoms with E-state index in [9.17, 15) is 18.0 Å². The zero-order chi connectivity index (χ0) is 20.4. The number of carbonyl (C=O) groups excluding carboxylic acids is 1. The maximum Gasteiger partial charge on any atom is 0.416 e. The van der Waals surface area contributed by atoms with Gasteiger partial charge in [-0.2, -0.15) is 13.2 Å². The van der Waals surface area contributed by atoms with Crippen molar-refractivity contribution in [2.75, 3.05) is 4.90 Å². The number of hydrogen-bond acceptors (Lipinski definition) is 4. The van der Waals surface area contributed by atoms with Crippen LogP contribution in [0.5, 0.6) is 0 Å². The van der Waals surface area contributed by atoms with Gasteiger partial charge in [0.25, 0.3) is 5.91 Å². The Labute approximate surface area is 168 Å². The summed E-state index contributed by atoms with van der Waals surface area (Å²) in [5.41, 5.74) is 0.893. The Morgan fingerprint density at radius 1 is 1.00 bits per heavy atom. The Morgan fingerprint density at radius 3 is 2.41 bits per heavy atom. The molecule has 0 aliphatic rings. The molecule has 0 aliphatic carbocycles. The van der Waals surface area contributed by atoms with Crippen LogP contribution in [-0.4, -0.2) is 15.9 Å². The number of pyridine rings is 1. The first-order valence-electron chi connectivity index (χ1n) is 8.65. The first-order chi connectivity index (χ1) is 13.9. The maximum atomic E-state index is 13.2. The number of aromatic nitrogens is 2. The third-order valence-corrected chi connectivity index (χ3v) is 5.34. The second kappa shape index (κ2) is 7.63. The fraction of sp³-hybridized carbons (Fsp3) is 0.0952. The maximum absolute atomic E-state index is 13.2. The average molecular weight is 413 g/mol. The van der Waals surface area contributed by atoms with Crippen molar-refractivity contribution in [3.63, 3.8) is 0 Å². The Morgan fingerprint density at radius 2 is 1.76 bits per heavy atom. The summed E-state index contributed by atoms with van der Waals surface area (Å²) in [6.07, 6.45) is -1.19. The van der Waals surface area contributed by atoms with Crippen molar-refractivity contribution in [2.24, 2.45) is 0 Å². The number of rotatable bonds is 4. The van der Waals surface area contributed by atoms with Crippen LogP contribution < -0.4 is 4.90 Å². The number of thiazole rings is 1. The van der Waals surface area contributed by atoms with Gasteiger partial charge in [0.2, 0.25) is 0 Å². The fourth-order valence-electron chi connectivity index (χ4n) is 2.83. The summed E-state index contributed by atoms with van der Waals surface area (Å²) in [7, 11) is 0. The van der Waals surface area contributed by atoms with E-state index in [1.165, 1.54) is 28.4 Å². The van der Waals surface area contributed by atoms with Gasteiger partial charge < -0.3 is 0 Å². The highest BCUT2D eigenvalue weighted by Crippen LogP contribution is 2.32. The molecule has 1 amide bonds. The number of anilines is 1. The monoisotopic (exact) mass is 413 g/mol. The van der Waals surface area contributed by atoms with Gasteiger partial charge in [-0.1, -0.05) is 29.5 Å². The van der Waals surface area contributed by atoms with Crippen molar-refractivity contribution in [1.82, 2.24) is 9.97 Å². The van der Waals surface area contributed by atoms with Crippen LogP contribution in [0.2, 0.25) is 0 Å². The van der Waals surface area contributed by atoms with Crippen LogP contribution in [0.15, 0.2) is 73.1 Å². The summed E-state index contributed by atoms with van der Waals surface area (Å²) in [6, 6.07) is 15.3. The molecule has 0 unspecified atom stereocenters. The second-order valence-electron chi connectivity index (χ2n) is 6.29. The smallest absolute Gasteiger partial charge is 0.279 e. The van der Waals surface area contributed by atoms with E-state index in [1.54, 1.807) is 18.5 Å². The van der Waals surface area contributed by atoms with Crippen LogP contribution in [-0.2, 0) is 12.7 Å². The lowest BCUT2D eigenvalue weighted by Crippen LogP contribution is -2.30. The molecule has 2 heterocycles. The predicted molar refractivity (Wildman–Crippen MR) is 106 cm³/mol. The normalized spacial score (nSPS) is 11.6. The van der Waals surface area contributed by atoms with Crippen LogP contribution in [0.3, 0.4) is 0 Å². The molecule has 2 aromatic heterocycles. The third-order valence-electron chi connectivity index (χ3n) is 4.28. The number of amides is 1. The van der Waals surface area contributed by atoms with E-state index in [0.29, 0.717) is 5.13 Å². The van der Waals surface area contributed by atoms with Gasteiger partial charge in [-0.25, -0.2) is 4.98 Å². The van der Waals surface area contributed by atoms with E-state index in [2.05, 4.69) is 9.97 Å². The van der Waals surface area contributed by atoms with Crippen molar-refractivity contribution in [1.29, 1.82) is 0 Å². The number of fused-ring (bicyclic) bond motifs is 1. The van der Waals surface area contributed by atoms with Crippen molar-refractivity contribution < 1.29 is 18.0 Å². The fourth-order valence-corrected chi connectivity index (χ4v) is 3.80. The average Bonchev–Trinajstić information content (AvgIpc) is 3.15. The lowest BCUT2D eigenvalue weighted by molar-refractivity contribution is -0.137. The summed E-state index contributed by atoms with van der Waals surface area (Å²) < 4.78 is 39.4. The highest BCUT2D eigenvalue weighted by Gasteiger charge is 2.30. The van der Waals surface area contributed by atoms with Crippen LogP contribution >= 0.6 is 11.3 Å². The molecule has 8 heteroatoms. The first-order valence-corrected chi connectivity index (χ1v) is 9.47. The SMILES string of the molecule is O=C(c1ccc(C(F)(F)F)cc1)N(Cc1cccnc1)c1nc2ccccc2s1. The van der Waals surface area contributed by atoms with E-state index in [1.807, 2.05) is 30.3 Å². The Kier molecular flexibility index (Phi) is 5.02. The molecule has 2 aromatic carbocycles. The number of para-hydroxylation sites is 1. The van der Waals surface area contributed by atoms with Gasteiger partial charge >= 0.3 is 6.18 Å². The summed E-state index contributed by atoms with van der Waals surface area (Å²) in [6.45, 7) is 0.202. The number of hydrogen-bond donors (Lipinski definition) is 0. The highest BCUT2D eigenvalue weighted by molar-refractivity contribution is 7.22. The first kappa shape index (κ1) is 19.1. The van der Waals surface area contributed by atoms with Crippen LogP contribution in [0.1, 0.15) is 21.5 Å². The zero-order valence-corrected chi connectivity index (χ0v) is 15.7. The van der Waals surface area contributed by atoms with Gasteiger partial charge in [0.05, 0.1) is 22.3 Å². The highest BCUT2D eigenvalue weighted by atomic mass is 32.1. The standard InChI is InChI=1S/C21H14F3N3OS/c22-21(23,24)16-9-7-15(8-10-16)19(28)27(13-14-4-3-11-25-12-14)20-26-17-5-1-2-6-18(17)29-20/h1-12H,13H2. The van der Waals surface area contributed by atoms with Crippen molar-refractivity contribution in [3.05, 3.63) is 89.7 Å². The topological polar surface area (TPSA) is 46.1 Å². The van der Waals surface area contributed by atoms with Gasteiger partial charge in [-0.05, 0) is 48.0 Å².